The maximum Gasteiger partial charge on any atom is 0.490 e. The third kappa shape index (κ3) is 7.87. The first-order valence-electron chi connectivity index (χ1n) is 13.4. The molecule has 13 nitrogen and oxygen atoms in total. The number of fused-ring (bicyclic) bond motifs is 1. The van der Waals surface area contributed by atoms with Crippen LogP contribution >= 0.6 is 0 Å². The number of aliphatic carboxylic acids is 1. The normalized spacial score (nSPS) is 11.2. The summed E-state index contributed by atoms with van der Waals surface area (Å²) < 4.78 is 48.6. The van der Waals surface area contributed by atoms with Gasteiger partial charge in [-0.25, -0.2) is 23.9 Å². The highest BCUT2D eigenvalue weighted by molar-refractivity contribution is 6.01. The van der Waals surface area contributed by atoms with Crippen LogP contribution in [0.15, 0.2) is 64.4 Å². The summed E-state index contributed by atoms with van der Waals surface area (Å²) in [5, 5.41) is 16.0. The second-order valence-electron chi connectivity index (χ2n) is 9.62. The summed E-state index contributed by atoms with van der Waals surface area (Å²) in [4.78, 5) is 59.1. The number of carboxylic acid groups (broad SMARTS) is 1. The number of hydrogen-bond acceptors (Lipinski definition) is 7. The number of carbonyl (C=O) groups excluding carboxylic acids is 1. The van der Waals surface area contributed by atoms with Crippen molar-refractivity contribution in [3.05, 3.63) is 104 Å². The molecule has 0 unspecified atom stereocenters. The zero-order valence-corrected chi connectivity index (χ0v) is 23.6. The van der Waals surface area contributed by atoms with Gasteiger partial charge in [-0.1, -0.05) is 43.7 Å². The predicted molar refractivity (Wildman–Crippen MR) is 152 cm³/mol. The SMILES string of the molecule is CCCCn1c(=O)n(Cc2ccccc2F)c(=O)c2[nH]c(Cc3ccc(NC(=O)c4ncn[nH]4)cc3)nc21.O=C(O)C(F)(F)F. The van der Waals surface area contributed by atoms with Crippen LogP contribution in [-0.2, 0) is 24.3 Å². The second-order valence-corrected chi connectivity index (χ2v) is 9.62. The number of halogens is 4. The van der Waals surface area contributed by atoms with Gasteiger partial charge >= 0.3 is 17.8 Å². The fourth-order valence-electron chi connectivity index (χ4n) is 4.16. The van der Waals surface area contributed by atoms with Gasteiger partial charge in [-0.2, -0.15) is 18.3 Å². The summed E-state index contributed by atoms with van der Waals surface area (Å²) in [6.45, 7) is 2.21. The standard InChI is InChI=1S/C26H25FN8O3.C2HF3O2/c1-2-3-12-34-23-21(25(37)35(26(34)38)14-17-6-4-5-7-19(17)27)31-20(32-23)13-16-8-10-18(11-9-16)30-24(36)22-28-15-29-33-22;3-2(4,5)1(6)7/h4-11,15H,2-3,12-14H2,1H3,(H,30,36)(H,31,32)(H,28,29,33);(H,6,7). The molecule has 3 heterocycles. The van der Waals surface area contributed by atoms with Crippen LogP contribution in [0.25, 0.3) is 11.2 Å². The van der Waals surface area contributed by atoms with E-state index in [-0.39, 0.29) is 29.1 Å². The van der Waals surface area contributed by atoms with Crippen molar-refractivity contribution < 1.29 is 32.3 Å². The fraction of sp³-hybridized carbons (Fsp3) is 0.250. The van der Waals surface area contributed by atoms with Gasteiger partial charge in [0.1, 0.15) is 23.5 Å². The summed E-state index contributed by atoms with van der Waals surface area (Å²) in [6.07, 6.45) is -1.91. The Morgan fingerprint density at radius 2 is 1.73 bits per heavy atom. The van der Waals surface area contributed by atoms with Gasteiger partial charge in [0, 0.05) is 24.2 Å². The summed E-state index contributed by atoms with van der Waals surface area (Å²) in [7, 11) is 0. The molecule has 0 aliphatic heterocycles. The molecule has 5 rings (SSSR count). The van der Waals surface area contributed by atoms with Gasteiger partial charge in [-0.3, -0.25) is 23.8 Å². The Morgan fingerprint density at radius 3 is 2.33 bits per heavy atom. The summed E-state index contributed by atoms with van der Waals surface area (Å²) in [5.74, 6) is -3.04. The quantitative estimate of drug-likeness (QED) is 0.179. The highest BCUT2D eigenvalue weighted by atomic mass is 19.4. The molecule has 0 spiro atoms. The monoisotopic (exact) mass is 630 g/mol. The number of hydrogen-bond donors (Lipinski definition) is 4. The minimum atomic E-state index is -5.08. The lowest BCUT2D eigenvalue weighted by Crippen LogP contribution is -2.40. The van der Waals surface area contributed by atoms with E-state index in [1.54, 1.807) is 30.3 Å². The highest BCUT2D eigenvalue weighted by Gasteiger charge is 2.38. The van der Waals surface area contributed by atoms with Crippen LogP contribution in [-0.4, -0.2) is 57.4 Å². The van der Waals surface area contributed by atoms with E-state index >= 15 is 0 Å². The minimum absolute atomic E-state index is 0.103. The third-order valence-corrected chi connectivity index (χ3v) is 6.39. The molecule has 1 amide bonds. The summed E-state index contributed by atoms with van der Waals surface area (Å²) >= 11 is 0. The van der Waals surface area contributed by atoms with Crippen molar-refractivity contribution in [2.75, 3.05) is 5.32 Å². The minimum Gasteiger partial charge on any atom is -0.475 e. The van der Waals surface area contributed by atoms with E-state index in [4.69, 9.17) is 9.90 Å². The van der Waals surface area contributed by atoms with Crippen LogP contribution in [0.3, 0.4) is 0 Å². The number of H-pyrrole nitrogens is 2. The van der Waals surface area contributed by atoms with E-state index in [0.29, 0.717) is 24.5 Å². The van der Waals surface area contributed by atoms with Crippen LogP contribution in [0.1, 0.15) is 47.3 Å². The van der Waals surface area contributed by atoms with Crippen LogP contribution in [0, 0.1) is 5.82 Å². The van der Waals surface area contributed by atoms with Crippen molar-refractivity contribution >= 4 is 28.7 Å². The molecule has 3 aromatic heterocycles. The molecule has 0 atom stereocenters. The number of anilines is 1. The van der Waals surface area contributed by atoms with E-state index in [0.717, 1.165) is 23.0 Å². The molecular formula is C28H26F4N8O5. The van der Waals surface area contributed by atoms with Crippen molar-refractivity contribution in [3.63, 3.8) is 0 Å². The Labute approximate surface area is 250 Å². The average molecular weight is 631 g/mol. The van der Waals surface area contributed by atoms with Gasteiger partial charge in [-0.15, -0.1) is 0 Å². The number of carboxylic acids is 1. The Bertz CT molecular complexity index is 1910. The lowest BCUT2D eigenvalue weighted by molar-refractivity contribution is -0.192. The topological polar surface area (TPSA) is 181 Å². The number of rotatable bonds is 9. The smallest absolute Gasteiger partial charge is 0.475 e. The van der Waals surface area contributed by atoms with Crippen molar-refractivity contribution in [2.45, 2.75) is 45.5 Å². The van der Waals surface area contributed by atoms with Gasteiger partial charge in [0.05, 0.1) is 6.54 Å². The molecule has 2 aromatic carbocycles. The molecule has 4 N–H and O–H groups in total. The van der Waals surface area contributed by atoms with Crippen LogP contribution < -0.4 is 16.6 Å². The highest BCUT2D eigenvalue weighted by Crippen LogP contribution is 2.16. The van der Waals surface area contributed by atoms with E-state index < -0.39 is 35.1 Å². The zero-order chi connectivity index (χ0) is 32.7. The van der Waals surface area contributed by atoms with Crippen molar-refractivity contribution in [1.82, 2.24) is 34.3 Å². The van der Waals surface area contributed by atoms with Gasteiger partial charge < -0.3 is 15.4 Å². The Morgan fingerprint density at radius 1 is 1.04 bits per heavy atom. The number of imidazole rings is 1. The Balaban J connectivity index is 0.000000591. The number of aromatic amines is 2. The number of nitrogens with one attached hydrogen (secondary N) is 3. The number of unbranched alkanes of at least 4 members (excludes halogenated alkanes) is 1. The molecule has 0 aliphatic carbocycles. The number of carbonyl (C=O) groups is 2. The van der Waals surface area contributed by atoms with E-state index in [1.807, 2.05) is 19.1 Å². The van der Waals surface area contributed by atoms with Gasteiger partial charge in [0.15, 0.2) is 5.65 Å². The van der Waals surface area contributed by atoms with Gasteiger partial charge in [0.25, 0.3) is 11.5 Å². The number of alkyl halides is 3. The average Bonchev–Trinajstić information content (AvgIpc) is 3.68. The molecule has 5 aromatic rings. The van der Waals surface area contributed by atoms with Crippen LogP contribution in [0.4, 0.5) is 23.2 Å². The number of benzene rings is 2. The molecule has 0 aliphatic rings. The molecule has 17 heteroatoms. The summed E-state index contributed by atoms with van der Waals surface area (Å²) in [5.41, 5.74) is 1.10. The van der Waals surface area contributed by atoms with Gasteiger partial charge in [0.2, 0.25) is 5.82 Å². The largest absolute Gasteiger partial charge is 0.490 e. The number of aryl methyl sites for hydroxylation is 1. The van der Waals surface area contributed by atoms with Crippen molar-refractivity contribution in [3.8, 4) is 0 Å². The molecule has 0 fully saturated rings. The number of amides is 1. The molecule has 236 valence electrons. The molecular weight excluding hydrogens is 604 g/mol. The third-order valence-electron chi connectivity index (χ3n) is 6.39. The number of nitrogens with zero attached hydrogens (tertiary/aromatic N) is 5. The fourth-order valence-corrected chi connectivity index (χ4v) is 4.16. The first-order chi connectivity index (χ1) is 21.4. The molecule has 0 saturated heterocycles. The maximum absolute atomic E-state index is 14.3. The van der Waals surface area contributed by atoms with Crippen LogP contribution in [0.5, 0.6) is 0 Å². The Hall–Kier alpha value is -5.61. The second kappa shape index (κ2) is 13.8. The maximum atomic E-state index is 14.3. The lowest BCUT2D eigenvalue weighted by Gasteiger charge is -2.11. The predicted octanol–water partition coefficient (Wildman–Crippen LogP) is 3.47. The zero-order valence-electron chi connectivity index (χ0n) is 23.6. The lowest BCUT2D eigenvalue weighted by atomic mass is 10.1. The Kier molecular flexibility index (Phi) is 9.90. The van der Waals surface area contributed by atoms with Crippen LogP contribution in [0.2, 0.25) is 0 Å². The van der Waals surface area contributed by atoms with E-state index in [9.17, 15) is 31.9 Å². The molecule has 0 bridgehead atoms. The van der Waals surface area contributed by atoms with Crippen molar-refractivity contribution in [2.24, 2.45) is 0 Å². The van der Waals surface area contributed by atoms with E-state index in [1.165, 1.54) is 17.0 Å². The number of aromatic nitrogens is 7. The first-order valence-corrected chi connectivity index (χ1v) is 13.4. The molecule has 0 radical (unpaired) electrons. The van der Waals surface area contributed by atoms with Crippen molar-refractivity contribution in [1.29, 1.82) is 0 Å². The summed E-state index contributed by atoms with van der Waals surface area (Å²) in [6, 6.07) is 13.2. The van der Waals surface area contributed by atoms with Gasteiger partial charge in [-0.05, 0) is 30.2 Å². The molecule has 45 heavy (non-hydrogen) atoms. The molecule has 0 saturated carbocycles. The first kappa shape index (κ1) is 32.3. The van der Waals surface area contributed by atoms with E-state index in [2.05, 4.69) is 30.5 Å².